The van der Waals surface area contributed by atoms with Gasteiger partial charge in [-0.1, -0.05) is 41.5 Å². The lowest BCUT2D eigenvalue weighted by Crippen LogP contribution is -2.27. The zero-order valence-corrected chi connectivity index (χ0v) is 12.2. The molecule has 1 aliphatic rings. The lowest BCUT2D eigenvalue weighted by Gasteiger charge is -2.31. The third-order valence-electron chi connectivity index (χ3n) is 3.00. The second kappa shape index (κ2) is 4.68. The summed E-state index contributed by atoms with van der Waals surface area (Å²) >= 11 is 0. The van der Waals surface area contributed by atoms with Crippen LogP contribution in [0.15, 0.2) is 34.9 Å². The number of hydrogen-bond donors (Lipinski definition) is 1. The molecule has 0 saturated carbocycles. The molecule has 1 N–H and O–H groups in total. The summed E-state index contributed by atoms with van der Waals surface area (Å²) < 4.78 is 0. The molecule has 18 heavy (non-hydrogen) atoms. The van der Waals surface area contributed by atoms with Crippen LogP contribution in [-0.4, -0.2) is 12.0 Å². The van der Waals surface area contributed by atoms with Crippen LogP contribution in [-0.2, 0) is 4.79 Å². The maximum atomic E-state index is 12.5. The van der Waals surface area contributed by atoms with Gasteiger partial charge in [0.25, 0.3) is 0 Å². The first-order valence-corrected chi connectivity index (χ1v) is 6.27. The Morgan fingerprint density at radius 3 is 1.61 bits per heavy atom. The van der Waals surface area contributed by atoms with Crippen LogP contribution in [0.1, 0.15) is 41.5 Å². The quantitative estimate of drug-likeness (QED) is 0.694. The number of rotatable bonds is 1. The number of ketones is 1. The second-order valence-corrected chi connectivity index (χ2v) is 6.78. The summed E-state index contributed by atoms with van der Waals surface area (Å²) in [6, 6.07) is 0. The van der Waals surface area contributed by atoms with E-state index in [1.54, 1.807) is 6.08 Å². The van der Waals surface area contributed by atoms with Crippen molar-refractivity contribution in [2.45, 2.75) is 41.5 Å². The van der Waals surface area contributed by atoms with Crippen LogP contribution in [0.3, 0.4) is 0 Å². The molecule has 0 aromatic carbocycles. The summed E-state index contributed by atoms with van der Waals surface area (Å²) in [5.74, 6) is 0.136. The predicted molar refractivity (Wildman–Crippen MR) is 76.9 cm³/mol. The number of nitrogens with one attached hydrogen (secondary N) is 1. The van der Waals surface area contributed by atoms with Gasteiger partial charge in [0, 0.05) is 17.4 Å². The van der Waals surface area contributed by atoms with Crippen molar-refractivity contribution in [3.63, 3.8) is 0 Å². The van der Waals surface area contributed by atoms with Gasteiger partial charge in [0.1, 0.15) is 0 Å². The van der Waals surface area contributed by atoms with Gasteiger partial charge in [-0.15, -0.1) is 0 Å². The van der Waals surface area contributed by atoms with Crippen LogP contribution in [0.25, 0.3) is 0 Å². The number of hydrogen-bond acceptors (Lipinski definition) is 2. The zero-order chi connectivity index (χ0) is 14.1. The fraction of sp³-hybridized carbons (Fsp3) is 0.500. The Labute approximate surface area is 110 Å². The van der Waals surface area contributed by atoms with Gasteiger partial charge in [-0.25, -0.2) is 0 Å². The molecule has 0 radical (unpaired) electrons. The van der Waals surface area contributed by atoms with Gasteiger partial charge in [-0.3, -0.25) is 4.79 Å². The van der Waals surface area contributed by atoms with Crippen molar-refractivity contribution < 1.29 is 4.79 Å². The third kappa shape index (κ3) is 3.06. The largest absolute Gasteiger partial charge is 0.309 e. The smallest absolute Gasteiger partial charge is 0.186 e. The fourth-order valence-corrected chi connectivity index (χ4v) is 1.96. The van der Waals surface area contributed by atoms with Crippen LogP contribution in [0, 0.1) is 16.2 Å². The van der Waals surface area contributed by atoms with E-state index >= 15 is 0 Å². The van der Waals surface area contributed by atoms with Crippen LogP contribution in [0.5, 0.6) is 0 Å². The highest BCUT2D eigenvalue weighted by molar-refractivity contribution is 6.12. The van der Waals surface area contributed by atoms with Gasteiger partial charge in [0.15, 0.2) is 5.78 Å². The summed E-state index contributed by atoms with van der Waals surface area (Å²) in [5, 5.41) is 7.19. The highest BCUT2D eigenvalue weighted by Crippen LogP contribution is 2.38. The van der Waals surface area contributed by atoms with Gasteiger partial charge in [-0.05, 0) is 34.6 Å². The average molecular weight is 245 g/mol. The first-order chi connectivity index (χ1) is 8.07. The van der Waals surface area contributed by atoms with Gasteiger partial charge in [0.05, 0.1) is 0 Å². The Balaban J connectivity index is 3.39. The van der Waals surface area contributed by atoms with Crippen LogP contribution >= 0.6 is 0 Å². The minimum Gasteiger partial charge on any atom is -0.309 e. The van der Waals surface area contributed by atoms with Crippen molar-refractivity contribution >= 4 is 12.0 Å². The molecular formula is C16H23NO. The van der Waals surface area contributed by atoms with Crippen molar-refractivity contribution in [1.29, 1.82) is 5.41 Å². The van der Waals surface area contributed by atoms with Crippen LogP contribution < -0.4 is 0 Å². The molecule has 98 valence electrons. The maximum absolute atomic E-state index is 12.5. The van der Waals surface area contributed by atoms with E-state index in [0.717, 1.165) is 16.7 Å². The molecule has 0 saturated heterocycles. The van der Waals surface area contributed by atoms with Crippen molar-refractivity contribution in [1.82, 2.24) is 0 Å². The third-order valence-corrected chi connectivity index (χ3v) is 3.00. The Kier molecular flexibility index (Phi) is 3.80. The molecular weight excluding hydrogens is 222 g/mol. The van der Waals surface area contributed by atoms with Crippen molar-refractivity contribution in [3.8, 4) is 0 Å². The summed E-state index contributed by atoms with van der Waals surface area (Å²) in [5.41, 5.74) is 2.22. The normalized spacial score (nSPS) is 17.2. The van der Waals surface area contributed by atoms with Crippen LogP contribution in [0.4, 0.5) is 0 Å². The molecule has 0 bridgehead atoms. The minimum atomic E-state index is -0.178. The Morgan fingerprint density at radius 2 is 1.33 bits per heavy atom. The second-order valence-electron chi connectivity index (χ2n) is 6.78. The number of allylic oxidation sites excluding steroid dienone is 6. The van der Waals surface area contributed by atoms with E-state index in [-0.39, 0.29) is 16.6 Å². The monoisotopic (exact) mass is 245 g/mol. The maximum Gasteiger partial charge on any atom is 0.186 e. The molecule has 0 heterocycles. The summed E-state index contributed by atoms with van der Waals surface area (Å²) in [6.07, 6.45) is 6.80. The topological polar surface area (TPSA) is 40.9 Å². The van der Waals surface area contributed by atoms with E-state index in [2.05, 4.69) is 0 Å². The molecule has 1 aliphatic carbocycles. The highest BCUT2D eigenvalue weighted by Gasteiger charge is 2.33. The first-order valence-electron chi connectivity index (χ1n) is 6.27. The molecule has 0 spiro atoms. The lowest BCUT2D eigenvalue weighted by atomic mass is 9.72. The van der Waals surface area contributed by atoms with E-state index in [9.17, 15) is 4.79 Å². The Hall–Kier alpha value is -1.44. The van der Waals surface area contributed by atoms with E-state index in [1.165, 1.54) is 6.21 Å². The van der Waals surface area contributed by atoms with Crippen LogP contribution in [0.2, 0.25) is 0 Å². The van der Waals surface area contributed by atoms with Gasteiger partial charge >= 0.3 is 0 Å². The molecule has 2 nitrogen and oxygen atoms in total. The van der Waals surface area contributed by atoms with E-state index in [1.807, 2.05) is 53.7 Å². The van der Waals surface area contributed by atoms with Gasteiger partial charge < -0.3 is 5.41 Å². The molecule has 1 rings (SSSR count). The molecule has 0 aromatic rings. The fourth-order valence-electron chi connectivity index (χ4n) is 1.96. The number of carbonyl (C=O) groups excluding carboxylic acids is 1. The molecule has 0 amide bonds. The SMILES string of the molecule is CC(C)(C)C1=CC(=CC=N)C=C(C(C)(C)C)C1=O. The zero-order valence-electron chi connectivity index (χ0n) is 12.2. The van der Waals surface area contributed by atoms with E-state index in [4.69, 9.17) is 5.41 Å². The molecule has 0 aliphatic heterocycles. The van der Waals surface area contributed by atoms with Gasteiger partial charge in [-0.2, -0.15) is 0 Å². The molecule has 0 fully saturated rings. The number of Topliss-reactive ketones (excluding diaryl/α,β-unsaturated/α-hetero) is 1. The highest BCUT2D eigenvalue weighted by atomic mass is 16.1. The summed E-state index contributed by atoms with van der Waals surface area (Å²) in [7, 11) is 0. The molecule has 0 atom stereocenters. The van der Waals surface area contributed by atoms with E-state index in [0.29, 0.717) is 0 Å². The average Bonchev–Trinajstić information content (AvgIpc) is 2.17. The number of carbonyl (C=O) groups is 1. The Morgan fingerprint density at radius 1 is 0.944 bits per heavy atom. The van der Waals surface area contributed by atoms with Gasteiger partial charge in [0.2, 0.25) is 0 Å². The van der Waals surface area contributed by atoms with E-state index < -0.39 is 0 Å². The Bertz CT molecular complexity index is 426. The van der Waals surface area contributed by atoms with Crippen molar-refractivity contribution in [3.05, 3.63) is 34.9 Å². The van der Waals surface area contributed by atoms with Crippen molar-refractivity contribution in [2.75, 3.05) is 0 Å². The first kappa shape index (κ1) is 14.6. The summed E-state index contributed by atoms with van der Waals surface area (Å²) in [4.78, 5) is 12.5. The molecule has 0 unspecified atom stereocenters. The standard InChI is InChI=1S/C16H23NO/c1-15(2,3)12-9-11(7-8-17)10-13(14(12)18)16(4,5)6/h7-10,17H,1-6H3. The molecule has 2 heteroatoms. The predicted octanol–water partition coefficient (Wildman–Crippen LogP) is 4.09. The molecule has 0 aromatic heterocycles. The minimum absolute atomic E-state index is 0.136. The van der Waals surface area contributed by atoms with Crippen molar-refractivity contribution in [2.24, 2.45) is 10.8 Å². The summed E-state index contributed by atoms with van der Waals surface area (Å²) in [6.45, 7) is 12.3. The lowest BCUT2D eigenvalue weighted by molar-refractivity contribution is -0.114.